The van der Waals surface area contributed by atoms with Crippen LogP contribution in [0.15, 0.2) is 18.2 Å². The van der Waals surface area contributed by atoms with Crippen molar-refractivity contribution >= 4 is 11.6 Å². The average Bonchev–Trinajstić information content (AvgIpc) is 2.43. The van der Waals surface area contributed by atoms with E-state index in [-0.39, 0.29) is 5.91 Å². The summed E-state index contributed by atoms with van der Waals surface area (Å²) < 4.78 is 0. The van der Waals surface area contributed by atoms with Crippen molar-refractivity contribution in [1.29, 1.82) is 0 Å². The molecule has 20 heavy (non-hydrogen) atoms. The Morgan fingerprint density at radius 1 is 1.45 bits per heavy atom. The molecule has 1 aliphatic heterocycles. The molecule has 0 bridgehead atoms. The van der Waals surface area contributed by atoms with Crippen LogP contribution < -0.4 is 5.73 Å². The molecule has 1 saturated heterocycles. The highest BCUT2D eigenvalue weighted by Crippen LogP contribution is 2.22. The van der Waals surface area contributed by atoms with Gasteiger partial charge in [-0.15, -0.1) is 0 Å². The van der Waals surface area contributed by atoms with Gasteiger partial charge in [0.2, 0.25) is 0 Å². The number of benzene rings is 1. The lowest BCUT2D eigenvalue weighted by molar-refractivity contribution is 0.0598. The molecule has 1 heterocycles. The third-order valence-corrected chi connectivity index (χ3v) is 4.54. The van der Waals surface area contributed by atoms with Crippen molar-refractivity contribution < 1.29 is 4.79 Å². The monoisotopic (exact) mass is 275 g/mol. The normalized spacial score (nSPS) is 23.6. The standard InChI is InChI=1S/C16H25N3O/c1-11-5-6-13(17)10-15(11)16(20)19(4)14-7-8-18(3)12(2)9-14/h5-6,10,12,14H,7-9,17H2,1-4H3. The van der Waals surface area contributed by atoms with Gasteiger partial charge in [-0.1, -0.05) is 6.07 Å². The molecule has 2 rings (SSSR count). The van der Waals surface area contributed by atoms with Crippen LogP contribution in [0.2, 0.25) is 0 Å². The Morgan fingerprint density at radius 3 is 2.80 bits per heavy atom. The van der Waals surface area contributed by atoms with Gasteiger partial charge in [0, 0.05) is 36.9 Å². The summed E-state index contributed by atoms with van der Waals surface area (Å²) in [6, 6.07) is 6.37. The average molecular weight is 275 g/mol. The van der Waals surface area contributed by atoms with E-state index < -0.39 is 0 Å². The number of carbonyl (C=O) groups excluding carboxylic acids is 1. The summed E-state index contributed by atoms with van der Waals surface area (Å²) >= 11 is 0. The Hall–Kier alpha value is -1.55. The Bertz CT molecular complexity index is 500. The predicted molar refractivity (Wildman–Crippen MR) is 82.8 cm³/mol. The molecule has 4 nitrogen and oxygen atoms in total. The van der Waals surface area contributed by atoms with Gasteiger partial charge in [-0.3, -0.25) is 4.79 Å². The van der Waals surface area contributed by atoms with Crippen molar-refractivity contribution in [2.75, 3.05) is 26.4 Å². The number of carbonyl (C=O) groups is 1. The van der Waals surface area contributed by atoms with E-state index in [9.17, 15) is 4.79 Å². The molecule has 0 aromatic heterocycles. The van der Waals surface area contributed by atoms with Crippen molar-refractivity contribution in [3.8, 4) is 0 Å². The van der Waals surface area contributed by atoms with Crippen LogP contribution in [-0.4, -0.2) is 48.4 Å². The van der Waals surface area contributed by atoms with E-state index in [4.69, 9.17) is 5.73 Å². The highest BCUT2D eigenvalue weighted by molar-refractivity contribution is 5.96. The van der Waals surface area contributed by atoms with Gasteiger partial charge in [-0.2, -0.15) is 0 Å². The second-order valence-electron chi connectivity index (χ2n) is 6.00. The molecule has 110 valence electrons. The van der Waals surface area contributed by atoms with Crippen LogP contribution in [-0.2, 0) is 0 Å². The first-order valence-electron chi connectivity index (χ1n) is 7.23. The molecule has 1 fully saturated rings. The Labute approximate surface area is 121 Å². The van der Waals surface area contributed by atoms with E-state index in [1.54, 1.807) is 6.07 Å². The lowest BCUT2D eigenvalue weighted by Crippen LogP contribution is -2.48. The number of rotatable bonds is 2. The third kappa shape index (κ3) is 2.96. The first-order valence-corrected chi connectivity index (χ1v) is 7.23. The SMILES string of the molecule is Cc1ccc(N)cc1C(=O)N(C)C1CCN(C)C(C)C1. The molecule has 2 N–H and O–H groups in total. The Balaban J connectivity index is 2.14. The van der Waals surface area contributed by atoms with Gasteiger partial charge >= 0.3 is 0 Å². The molecule has 1 aromatic rings. The summed E-state index contributed by atoms with van der Waals surface area (Å²) in [5.41, 5.74) is 8.15. The summed E-state index contributed by atoms with van der Waals surface area (Å²) in [7, 11) is 4.05. The van der Waals surface area contributed by atoms with Crippen LogP contribution in [0, 0.1) is 6.92 Å². The highest BCUT2D eigenvalue weighted by atomic mass is 16.2. The lowest BCUT2D eigenvalue weighted by Gasteiger charge is -2.39. The number of nitrogens with two attached hydrogens (primary N) is 1. The molecule has 1 amide bonds. The zero-order valence-electron chi connectivity index (χ0n) is 12.9. The van der Waals surface area contributed by atoms with Crippen LogP contribution in [0.1, 0.15) is 35.7 Å². The predicted octanol–water partition coefficient (Wildman–Crippen LogP) is 2.13. The molecule has 0 aliphatic carbocycles. The van der Waals surface area contributed by atoms with E-state index >= 15 is 0 Å². The summed E-state index contributed by atoms with van der Waals surface area (Å²) in [5.74, 6) is 0.0801. The van der Waals surface area contributed by atoms with Crippen molar-refractivity contribution in [2.45, 2.75) is 38.8 Å². The Kier molecular flexibility index (Phi) is 4.33. The number of likely N-dealkylation sites (tertiary alicyclic amines) is 1. The van der Waals surface area contributed by atoms with Gasteiger partial charge in [0.25, 0.3) is 5.91 Å². The van der Waals surface area contributed by atoms with Crippen molar-refractivity contribution in [3.05, 3.63) is 29.3 Å². The van der Waals surface area contributed by atoms with E-state index in [0.717, 1.165) is 30.5 Å². The third-order valence-electron chi connectivity index (χ3n) is 4.54. The molecule has 4 heteroatoms. The summed E-state index contributed by atoms with van der Waals surface area (Å²) in [6.45, 7) is 5.22. The molecule has 0 radical (unpaired) electrons. The molecular weight excluding hydrogens is 250 g/mol. The van der Waals surface area contributed by atoms with E-state index in [1.807, 2.05) is 31.0 Å². The van der Waals surface area contributed by atoms with Crippen LogP contribution in [0.25, 0.3) is 0 Å². The fourth-order valence-electron chi connectivity index (χ4n) is 2.84. The molecular formula is C16H25N3O. The minimum atomic E-state index is 0.0801. The second kappa shape index (κ2) is 5.83. The number of nitrogen functional groups attached to an aromatic ring is 1. The first-order chi connectivity index (χ1) is 9.40. The van der Waals surface area contributed by atoms with Gasteiger partial charge < -0.3 is 15.5 Å². The molecule has 2 atom stereocenters. The summed E-state index contributed by atoms with van der Waals surface area (Å²) in [6.07, 6.45) is 2.06. The number of nitrogens with zero attached hydrogens (tertiary/aromatic N) is 2. The van der Waals surface area contributed by atoms with E-state index in [1.165, 1.54) is 0 Å². The van der Waals surface area contributed by atoms with Crippen LogP contribution in [0.4, 0.5) is 5.69 Å². The lowest BCUT2D eigenvalue weighted by atomic mass is 9.96. The van der Waals surface area contributed by atoms with Gasteiger partial charge in [0.1, 0.15) is 0 Å². The van der Waals surface area contributed by atoms with Gasteiger partial charge in [-0.25, -0.2) is 0 Å². The van der Waals surface area contributed by atoms with Crippen molar-refractivity contribution in [2.24, 2.45) is 0 Å². The number of aryl methyl sites for hydroxylation is 1. The summed E-state index contributed by atoms with van der Waals surface area (Å²) in [5, 5.41) is 0. The van der Waals surface area contributed by atoms with E-state index in [0.29, 0.717) is 17.8 Å². The number of anilines is 1. The minimum Gasteiger partial charge on any atom is -0.399 e. The maximum Gasteiger partial charge on any atom is 0.254 e. The molecule has 1 aliphatic rings. The number of amides is 1. The maximum absolute atomic E-state index is 12.7. The smallest absolute Gasteiger partial charge is 0.254 e. The van der Waals surface area contributed by atoms with Crippen molar-refractivity contribution in [3.63, 3.8) is 0 Å². The molecule has 0 spiro atoms. The van der Waals surface area contributed by atoms with E-state index in [2.05, 4.69) is 18.9 Å². The van der Waals surface area contributed by atoms with Crippen molar-refractivity contribution in [1.82, 2.24) is 9.80 Å². The largest absolute Gasteiger partial charge is 0.399 e. The van der Waals surface area contributed by atoms with Crippen LogP contribution in [0.5, 0.6) is 0 Å². The quantitative estimate of drug-likeness (QED) is 0.841. The molecule has 1 aromatic carbocycles. The highest BCUT2D eigenvalue weighted by Gasteiger charge is 2.28. The topological polar surface area (TPSA) is 49.6 Å². The first kappa shape index (κ1) is 14.9. The number of piperidine rings is 1. The zero-order valence-corrected chi connectivity index (χ0v) is 12.9. The minimum absolute atomic E-state index is 0.0801. The summed E-state index contributed by atoms with van der Waals surface area (Å²) in [4.78, 5) is 16.9. The fourth-order valence-corrected chi connectivity index (χ4v) is 2.84. The van der Waals surface area contributed by atoms with Gasteiger partial charge in [0.05, 0.1) is 0 Å². The molecule has 2 unspecified atom stereocenters. The number of hydrogen-bond donors (Lipinski definition) is 1. The molecule has 0 saturated carbocycles. The second-order valence-corrected chi connectivity index (χ2v) is 6.00. The Morgan fingerprint density at radius 2 is 2.15 bits per heavy atom. The maximum atomic E-state index is 12.7. The zero-order chi connectivity index (χ0) is 14.9. The van der Waals surface area contributed by atoms with Crippen LogP contribution in [0.3, 0.4) is 0 Å². The van der Waals surface area contributed by atoms with Gasteiger partial charge in [0.15, 0.2) is 0 Å². The van der Waals surface area contributed by atoms with Gasteiger partial charge in [-0.05, 0) is 51.4 Å². The van der Waals surface area contributed by atoms with Crippen LogP contribution >= 0.6 is 0 Å². The fraction of sp³-hybridized carbons (Fsp3) is 0.562. The number of hydrogen-bond acceptors (Lipinski definition) is 3.